The molecule has 0 aromatic heterocycles. The van der Waals surface area contributed by atoms with Crippen LogP contribution in [0.15, 0.2) is 0 Å². The van der Waals surface area contributed by atoms with Crippen molar-refractivity contribution in [2.75, 3.05) is 39.5 Å². The van der Waals surface area contributed by atoms with Crippen molar-refractivity contribution >= 4 is 23.6 Å². The molecule has 10 N–H and O–H groups in total. The summed E-state index contributed by atoms with van der Waals surface area (Å²) in [6, 6.07) is -1.83. The second kappa shape index (κ2) is 18.3. The third kappa shape index (κ3) is 10.5. The molecule has 0 bridgehead atoms. The van der Waals surface area contributed by atoms with E-state index in [1.807, 2.05) is 0 Å². The van der Waals surface area contributed by atoms with Gasteiger partial charge in [0.25, 0.3) is 0 Å². The molecule has 3 rings (SSSR count). The van der Waals surface area contributed by atoms with Gasteiger partial charge in [-0.1, -0.05) is 0 Å². The van der Waals surface area contributed by atoms with Crippen LogP contribution in [-0.2, 0) is 38.1 Å². The zero-order valence-electron chi connectivity index (χ0n) is 26.7. The summed E-state index contributed by atoms with van der Waals surface area (Å²) in [7, 11) is 0. The molecule has 1 aliphatic carbocycles. The molecule has 3 aliphatic rings. The van der Waals surface area contributed by atoms with Gasteiger partial charge in [0, 0.05) is 58.9 Å². The highest BCUT2D eigenvalue weighted by Gasteiger charge is 2.75. The normalized spacial score (nSPS) is 34.6. The van der Waals surface area contributed by atoms with E-state index in [1.165, 1.54) is 13.8 Å². The number of nitrogens with one attached hydrogen (secondary N) is 4. The Kier molecular flexibility index (Phi) is 15.2. The van der Waals surface area contributed by atoms with E-state index in [2.05, 4.69) is 21.3 Å². The molecule has 270 valence electrons. The highest BCUT2D eigenvalue weighted by atomic mass is 16.7. The largest absolute Gasteiger partial charge is 0.394 e. The number of hydrogen-bond acceptors (Lipinski definition) is 14. The van der Waals surface area contributed by atoms with Crippen LogP contribution in [0.4, 0.5) is 0 Å². The van der Waals surface area contributed by atoms with Gasteiger partial charge in [-0.25, -0.2) is 0 Å². The summed E-state index contributed by atoms with van der Waals surface area (Å²) in [4.78, 5) is 47.4. The first-order valence-corrected chi connectivity index (χ1v) is 15.9. The minimum atomic E-state index is -1.65. The topological polar surface area (TPSA) is 275 Å². The van der Waals surface area contributed by atoms with Crippen LogP contribution in [0.3, 0.4) is 0 Å². The molecule has 2 aliphatic heterocycles. The Balaban J connectivity index is 1.22. The lowest BCUT2D eigenvalue weighted by Gasteiger charge is -2.42. The van der Waals surface area contributed by atoms with E-state index in [4.69, 9.17) is 18.9 Å². The molecule has 11 atom stereocenters. The fourth-order valence-corrected chi connectivity index (χ4v) is 5.91. The summed E-state index contributed by atoms with van der Waals surface area (Å²) in [6.07, 6.45) is -5.90. The predicted molar refractivity (Wildman–Crippen MR) is 159 cm³/mol. The maximum atomic E-state index is 12.2. The van der Waals surface area contributed by atoms with E-state index in [9.17, 15) is 49.8 Å². The Morgan fingerprint density at radius 2 is 1.23 bits per heavy atom. The number of carbonyl (C=O) groups is 4. The number of aliphatic hydroxyl groups is 6. The third-order valence-electron chi connectivity index (χ3n) is 8.45. The SMILES string of the molecule is CC(=O)NC1C(O)[C@@H](O)C(CO)O[C@H]1OCCCCC(=O)NCCNC(=O)CCCCO[C@@H]1OC(CO)C2(O)C(O)C2C1NC(C)=O. The monoisotopic (exact) mass is 678 g/mol. The number of carbonyl (C=O) groups excluding carboxylic acids is 4. The Labute approximate surface area is 272 Å². The van der Waals surface area contributed by atoms with Crippen molar-refractivity contribution < 1.29 is 68.8 Å². The van der Waals surface area contributed by atoms with Crippen LogP contribution < -0.4 is 21.3 Å². The first kappa shape index (κ1) is 38.9. The molecule has 8 unspecified atom stereocenters. The molecule has 1 saturated carbocycles. The number of aliphatic hydroxyl groups excluding tert-OH is 5. The summed E-state index contributed by atoms with van der Waals surface area (Å²) in [6.45, 7) is 2.23. The third-order valence-corrected chi connectivity index (χ3v) is 8.45. The number of fused-ring (bicyclic) bond motifs is 1. The first-order chi connectivity index (χ1) is 22.3. The maximum Gasteiger partial charge on any atom is 0.220 e. The molecular formula is C29H50N4O14. The van der Waals surface area contributed by atoms with Crippen LogP contribution in [0.5, 0.6) is 0 Å². The lowest BCUT2D eigenvalue weighted by molar-refractivity contribution is -0.270. The van der Waals surface area contributed by atoms with Gasteiger partial charge in [-0.05, 0) is 25.7 Å². The quantitative estimate of drug-likeness (QED) is 0.0577. The Hall–Kier alpha value is -2.52. The summed E-state index contributed by atoms with van der Waals surface area (Å²) in [5.74, 6) is -2.01. The number of unbranched alkanes of at least 4 members (excludes halogenated alkanes) is 2. The fourth-order valence-electron chi connectivity index (χ4n) is 5.91. The van der Waals surface area contributed by atoms with Gasteiger partial charge in [-0.3, -0.25) is 19.2 Å². The predicted octanol–water partition coefficient (Wildman–Crippen LogP) is -4.52. The molecule has 47 heavy (non-hydrogen) atoms. The van der Waals surface area contributed by atoms with Crippen molar-refractivity contribution in [1.29, 1.82) is 0 Å². The molecule has 4 amide bonds. The van der Waals surface area contributed by atoms with E-state index < -0.39 is 85.8 Å². The summed E-state index contributed by atoms with van der Waals surface area (Å²) in [5, 5.41) is 70.6. The van der Waals surface area contributed by atoms with Crippen LogP contribution in [0.1, 0.15) is 52.4 Å². The van der Waals surface area contributed by atoms with Crippen LogP contribution in [-0.4, -0.2) is 155 Å². The highest BCUT2D eigenvalue weighted by molar-refractivity contribution is 5.77. The van der Waals surface area contributed by atoms with Crippen molar-refractivity contribution in [3.05, 3.63) is 0 Å². The lowest BCUT2D eigenvalue weighted by Crippen LogP contribution is -2.64. The van der Waals surface area contributed by atoms with Gasteiger partial charge in [0.05, 0.1) is 25.4 Å². The van der Waals surface area contributed by atoms with Crippen molar-refractivity contribution in [1.82, 2.24) is 21.3 Å². The minimum absolute atomic E-state index is 0.135. The first-order valence-electron chi connectivity index (χ1n) is 15.9. The average Bonchev–Trinajstić information content (AvgIpc) is 3.59. The fraction of sp³-hybridized carbons (Fsp3) is 0.862. The van der Waals surface area contributed by atoms with Gasteiger partial charge < -0.3 is 70.9 Å². The minimum Gasteiger partial charge on any atom is -0.394 e. The number of hydrogen-bond donors (Lipinski definition) is 10. The molecule has 0 radical (unpaired) electrons. The zero-order chi connectivity index (χ0) is 34.7. The van der Waals surface area contributed by atoms with Gasteiger partial charge in [0.15, 0.2) is 12.6 Å². The van der Waals surface area contributed by atoms with Crippen LogP contribution >= 0.6 is 0 Å². The second-order valence-electron chi connectivity index (χ2n) is 12.0. The molecule has 18 heteroatoms. The Morgan fingerprint density at radius 1 is 0.723 bits per heavy atom. The zero-order valence-corrected chi connectivity index (χ0v) is 26.7. The van der Waals surface area contributed by atoms with Gasteiger partial charge in [-0.2, -0.15) is 0 Å². The number of amides is 4. The molecule has 2 heterocycles. The maximum absolute atomic E-state index is 12.2. The average molecular weight is 679 g/mol. The smallest absolute Gasteiger partial charge is 0.220 e. The molecule has 2 saturated heterocycles. The van der Waals surface area contributed by atoms with Crippen LogP contribution in [0.2, 0.25) is 0 Å². The van der Waals surface area contributed by atoms with E-state index in [0.717, 1.165) is 0 Å². The van der Waals surface area contributed by atoms with Gasteiger partial charge in [0.1, 0.15) is 36.1 Å². The van der Waals surface area contributed by atoms with Crippen LogP contribution in [0.25, 0.3) is 0 Å². The van der Waals surface area contributed by atoms with Gasteiger partial charge >= 0.3 is 0 Å². The Morgan fingerprint density at radius 3 is 1.72 bits per heavy atom. The molecule has 3 fully saturated rings. The lowest BCUT2D eigenvalue weighted by atomic mass is 9.97. The van der Waals surface area contributed by atoms with Gasteiger partial charge in [0.2, 0.25) is 23.6 Å². The second-order valence-corrected chi connectivity index (χ2v) is 12.0. The molecular weight excluding hydrogens is 628 g/mol. The highest BCUT2D eigenvalue weighted by Crippen LogP contribution is 2.54. The van der Waals surface area contributed by atoms with E-state index in [0.29, 0.717) is 25.7 Å². The van der Waals surface area contributed by atoms with Crippen molar-refractivity contribution in [3.8, 4) is 0 Å². The van der Waals surface area contributed by atoms with E-state index in [1.54, 1.807) is 0 Å². The molecule has 0 aromatic carbocycles. The standard InChI is InChI=1S/C29H50N4O14/c1-15(36)32-22-21-26(42)29(21,43)18(14-35)47-27(22)44-11-5-3-7-19(38)30-9-10-31-20(39)8-4-6-12-45-28-23(33-16(2)37)25(41)24(40)17(13-34)46-28/h17-18,21-28,34-35,40-43H,3-14H2,1-2H3,(H,30,38)(H,31,39)(H,32,36)(H,33,37)/t17?,18?,21?,22?,23?,24-,25?,26?,27+,28+,29?/m0/s1. The van der Waals surface area contributed by atoms with Crippen molar-refractivity contribution in [2.24, 2.45) is 5.92 Å². The number of ether oxygens (including phenoxy) is 4. The van der Waals surface area contributed by atoms with E-state index >= 15 is 0 Å². The molecule has 18 nitrogen and oxygen atoms in total. The van der Waals surface area contributed by atoms with Crippen molar-refractivity contribution in [2.45, 2.75) is 113 Å². The number of rotatable bonds is 19. The molecule has 0 aromatic rings. The van der Waals surface area contributed by atoms with Gasteiger partial charge in [-0.15, -0.1) is 0 Å². The summed E-state index contributed by atoms with van der Waals surface area (Å²) in [5.41, 5.74) is -1.65. The summed E-state index contributed by atoms with van der Waals surface area (Å²) < 4.78 is 22.5. The Bertz CT molecular complexity index is 1050. The molecule has 0 spiro atoms. The van der Waals surface area contributed by atoms with E-state index in [-0.39, 0.29) is 56.9 Å². The van der Waals surface area contributed by atoms with Crippen molar-refractivity contribution in [3.63, 3.8) is 0 Å². The van der Waals surface area contributed by atoms with Crippen LogP contribution in [0, 0.1) is 5.92 Å². The summed E-state index contributed by atoms with van der Waals surface area (Å²) >= 11 is 0.